The zero-order valence-corrected chi connectivity index (χ0v) is 10.1. The van der Waals surface area contributed by atoms with Gasteiger partial charge in [-0.1, -0.05) is 25.1 Å². The van der Waals surface area contributed by atoms with Crippen LogP contribution in [-0.2, 0) is 0 Å². The minimum atomic E-state index is 0.213. The number of benzene rings is 1. The first-order valence-electron chi connectivity index (χ1n) is 5.58. The molecular formula is C13H21NO. The summed E-state index contributed by atoms with van der Waals surface area (Å²) in [5.74, 6) is 1.03. The summed E-state index contributed by atoms with van der Waals surface area (Å²) in [7, 11) is 0. The Morgan fingerprint density at radius 2 is 1.87 bits per heavy atom. The van der Waals surface area contributed by atoms with E-state index in [1.807, 2.05) is 0 Å². The SMILES string of the molecule is CCNCC(C)Oc1c(C)cccc1C. The largest absolute Gasteiger partial charge is 0.489 e. The predicted octanol–water partition coefficient (Wildman–Crippen LogP) is 2.68. The summed E-state index contributed by atoms with van der Waals surface area (Å²) in [6.07, 6.45) is 0.213. The second kappa shape index (κ2) is 5.76. The first kappa shape index (κ1) is 12.1. The fourth-order valence-corrected chi connectivity index (χ4v) is 1.58. The standard InChI is InChI=1S/C13H21NO/c1-5-14-9-12(4)15-13-10(2)7-6-8-11(13)3/h6-8,12,14H,5,9H2,1-4H3. The number of ether oxygens (including phenoxy) is 1. The summed E-state index contributed by atoms with van der Waals surface area (Å²) < 4.78 is 5.92. The van der Waals surface area contributed by atoms with Crippen LogP contribution in [0.1, 0.15) is 25.0 Å². The fourth-order valence-electron chi connectivity index (χ4n) is 1.58. The predicted molar refractivity (Wildman–Crippen MR) is 64.5 cm³/mol. The molecule has 0 saturated carbocycles. The van der Waals surface area contributed by atoms with Crippen molar-refractivity contribution in [2.45, 2.75) is 33.8 Å². The van der Waals surface area contributed by atoms with Gasteiger partial charge in [-0.2, -0.15) is 0 Å². The van der Waals surface area contributed by atoms with Crippen molar-refractivity contribution >= 4 is 0 Å². The van der Waals surface area contributed by atoms with Crippen molar-refractivity contribution in [3.63, 3.8) is 0 Å². The van der Waals surface area contributed by atoms with Crippen LogP contribution >= 0.6 is 0 Å². The Balaban J connectivity index is 2.63. The van der Waals surface area contributed by atoms with Crippen molar-refractivity contribution in [3.05, 3.63) is 29.3 Å². The zero-order valence-electron chi connectivity index (χ0n) is 10.1. The van der Waals surface area contributed by atoms with E-state index in [4.69, 9.17) is 4.74 Å². The van der Waals surface area contributed by atoms with Gasteiger partial charge >= 0.3 is 0 Å². The van der Waals surface area contributed by atoms with Gasteiger partial charge in [-0.15, -0.1) is 0 Å². The van der Waals surface area contributed by atoms with Crippen LogP contribution in [0.5, 0.6) is 5.75 Å². The van der Waals surface area contributed by atoms with Crippen molar-refractivity contribution in [2.75, 3.05) is 13.1 Å². The van der Waals surface area contributed by atoms with Crippen molar-refractivity contribution in [1.82, 2.24) is 5.32 Å². The molecular weight excluding hydrogens is 186 g/mol. The lowest BCUT2D eigenvalue weighted by Gasteiger charge is -2.18. The molecule has 0 aliphatic heterocycles. The van der Waals surface area contributed by atoms with Crippen LogP contribution in [-0.4, -0.2) is 19.2 Å². The quantitative estimate of drug-likeness (QED) is 0.801. The van der Waals surface area contributed by atoms with Crippen LogP contribution in [0.15, 0.2) is 18.2 Å². The number of aryl methyl sites for hydroxylation is 2. The van der Waals surface area contributed by atoms with E-state index in [0.29, 0.717) is 0 Å². The highest BCUT2D eigenvalue weighted by molar-refractivity contribution is 5.39. The topological polar surface area (TPSA) is 21.3 Å². The lowest BCUT2D eigenvalue weighted by atomic mass is 10.1. The zero-order chi connectivity index (χ0) is 11.3. The maximum absolute atomic E-state index is 5.92. The Hall–Kier alpha value is -1.02. The van der Waals surface area contributed by atoms with Gasteiger partial charge in [0.25, 0.3) is 0 Å². The third-order valence-electron chi connectivity index (χ3n) is 2.41. The summed E-state index contributed by atoms with van der Waals surface area (Å²) in [6.45, 7) is 10.2. The molecule has 15 heavy (non-hydrogen) atoms. The first-order chi connectivity index (χ1) is 7.15. The van der Waals surface area contributed by atoms with Crippen LogP contribution < -0.4 is 10.1 Å². The number of nitrogens with one attached hydrogen (secondary N) is 1. The Bertz CT molecular complexity index is 289. The molecule has 0 saturated heterocycles. The lowest BCUT2D eigenvalue weighted by molar-refractivity contribution is 0.215. The van der Waals surface area contributed by atoms with E-state index in [-0.39, 0.29) is 6.10 Å². The molecule has 1 N–H and O–H groups in total. The second-order valence-electron chi connectivity index (χ2n) is 3.96. The van der Waals surface area contributed by atoms with Crippen LogP contribution in [0.25, 0.3) is 0 Å². The molecule has 0 amide bonds. The molecule has 2 heteroatoms. The maximum atomic E-state index is 5.92. The number of rotatable bonds is 5. The van der Waals surface area contributed by atoms with E-state index < -0.39 is 0 Å². The molecule has 0 spiro atoms. The van der Waals surface area contributed by atoms with Crippen molar-refractivity contribution in [3.8, 4) is 5.75 Å². The maximum Gasteiger partial charge on any atom is 0.125 e. The monoisotopic (exact) mass is 207 g/mol. The normalized spacial score (nSPS) is 12.5. The highest BCUT2D eigenvalue weighted by Crippen LogP contribution is 2.23. The van der Waals surface area contributed by atoms with Crippen LogP contribution in [0.2, 0.25) is 0 Å². The lowest BCUT2D eigenvalue weighted by Crippen LogP contribution is -2.29. The molecule has 0 bridgehead atoms. The van der Waals surface area contributed by atoms with Crippen LogP contribution in [0, 0.1) is 13.8 Å². The Morgan fingerprint density at radius 3 is 2.40 bits per heavy atom. The number of hydrogen-bond donors (Lipinski definition) is 1. The number of hydrogen-bond acceptors (Lipinski definition) is 2. The molecule has 1 aromatic rings. The van der Waals surface area contributed by atoms with Crippen LogP contribution in [0.3, 0.4) is 0 Å². The van der Waals surface area contributed by atoms with E-state index in [1.165, 1.54) is 11.1 Å². The fraction of sp³-hybridized carbons (Fsp3) is 0.538. The molecule has 0 heterocycles. The Labute approximate surface area is 92.6 Å². The van der Waals surface area contributed by atoms with Crippen LogP contribution in [0.4, 0.5) is 0 Å². The molecule has 0 fully saturated rings. The molecule has 0 aromatic heterocycles. The van der Waals surface area contributed by atoms with Crippen molar-refractivity contribution in [1.29, 1.82) is 0 Å². The summed E-state index contributed by atoms with van der Waals surface area (Å²) in [5, 5.41) is 3.28. The minimum Gasteiger partial charge on any atom is -0.489 e. The minimum absolute atomic E-state index is 0.213. The van der Waals surface area contributed by atoms with E-state index in [9.17, 15) is 0 Å². The van der Waals surface area contributed by atoms with E-state index >= 15 is 0 Å². The smallest absolute Gasteiger partial charge is 0.125 e. The van der Waals surface area contributed by atoms with Gasteiger partial charge in [-0.05, 0) is 38.4 Å². The van der Waals surface area contributed by atoms with Gasteiger partial charge in [0.1, 0.15) is 11.9 Å². The second-order valence-corrected chi connectivity index (χ2v) is 3.96. The van der Waals surface area contributed by atoms with Gasteiger partial charge in [-0.25, -0.2) is 0 Å². The molecule has 84 valence electrons. The third-order valence-corrected chi connectivity index (χ3v) is 2.41. The summed E-state index contributed by atoms with van der Waals surface area (Å²) >= 11 is 0. The first-order valence-corrected chi connectivity index (χ1v) is 5.58. The average molecular weight is 207 g/mol. The van der Waals surface area contributed by atoms with E-state index in [0.717, 1.165) is 18.8 Å². The molecule has 0 aliphatic carbocycles. The van der Waals surface area contributed by atoms with Gasteiger partial charge < -0.3 is 10.1 Å². The summed E-state index contributed by atoms with van der Waals surface area (Å²) in [6, 6.07) is 6.23. The molecule has 0 aliphatic rings. The number of para-hydroxylation sites is 1. The summed E-state index contributed by atoms with van der Waals surface area (Å²) in [5.41, 5.74) is 2.41. The molecule has 1 unspecified atom stereocenters. The van der Waals surface area contributed by atoms with Gasteiger partial charge in [0.2, 0.25) is 0 Å². The average Bonchev–Trinajstić information content (AvgIpc) is 2.21. The highest BCUT2D eigenvalue weighted by atomic mass is 16.5. The molecule has 1 atom stereocenters. The molecule has 0 radical (unpaired) electrons. The van der Waals surface area contributed by atoms with Gasteiger partial charge in [0, 0.05) is 6.54 Å². The van der Waals surface area contributed by atoms with Gasteiger partial charge in [0.15, 0.2) is 0 Å². The van der Waals surface area contributed by atoms with Crippen molar-refractivity contribution in [2.24, 2.45) is 0 Å². The number of likely N-dealkylation sites (N-methyl/N-ethyl adjacent to an activating group) is 1. The molecule has 1 rings (SSSR count). The Morgan fingerprint density at radius 1 is 1.27 bits per heavy atom. The molecule has 2 nitrogen and oxygen atoms in total. The third kappa shape index (κ3) is 3.56. The van der Waals surface area contributed by atoms with E-state index in [1.54, 1.807) is 0 Å². The summed E-state index contributed by atoms with van der Waals surface area (Å²) in [4.78, 5) is 0. The van der Waals surface area contributed by atoms with Crippen molar-refractivity contribution < 1.29 is 4.74 Å². The van der Waals surface area contributed by atoms with Gasteiger partial charge in [0.05, 0.1) is 0 Å². The highest BCUT2D eigenvalue weighted by Gasteiger charge is 2.07. The van der Waals surface area contributed by atoms with E-state index in [2.05, 4.69) is 51.2 Å². The Kier molecular flexibility index (Phi) is 4.63. The molecule has 1 aromatic carbocycles. The van der Waals surface area contributed by atoms with Gasteiger partial charge in [-0.3, -0.25) is 0 Å².